The van der Waals surface area contributed by atoms with Crippen molar-refractivity contribution in [3.63, 3.8) is 0 Å². The van der Waals surface area contributed by atoms with Gasteiger partial charge in [-0.15, -0.1) is 0 Å². The molecule has 118 valence electrons. The summed E-state index contributed by atoms with van der Waals surface area (Å²) in [6, 6.07) is 6.51. The third-order valence-corrected chi connectivity index (χ3v) is 4.52. The highest BCUT2D eigenvalue weighted by molar-refractivity contribution is 5.82. The van der Waals surface area contributed by atoms with Crippen LogP contribution in [0, 0.1) is 11.2 Å². The third kappa shape index (κ3) is 4.03. The Kier molecular flexibility index (Phi) is 5.90. The van der Waals surface area contributed by atoms with Crippen LogP contribution in [-0.2, 0) is 10.2 Å². The molecule has 1 amide bonds. The Balaban J connectivity index is 2.79. The number of carbonyl (C=O) groups is 1. The van der Waals surface area contributed by atoms with E-state index in [0.29, 0.717) is 25.9 Å². The average Bonchev–Trinajstić information content (AvgIpc) is 2.47. The molecular formula is C17H27FN2O. The van der Waals surface area contributed by atoms with Crippen LogP contribution >= 0.6 is 0 Å². The van der Waals surface area contributed by atoms with Crippen molar-refractivity contribution in [3.8, 4) is 0 Å². The monoisotopic (exact) mass is 294 g/mol. The second kappa shape index (κ2) is 7.03. The van der Waals surface area contributed by atoms with E-state index < -0.39 is 5.41 Å². The zero-order valence-electron chi connectivity index (χ0n) is 13.5. The fraction of sp³-hybridized carbons (Fsp3) is 0.588. The van der Waals surface area contributed by atoms with Crippen LogP contribution in [-0.4, -0.2) is 19.0 Å². The summed E-state index contributed by atoms with van der Waals surface area (Å²) in [4.78, 5) is 12.4. The van der Waals surface area contributed by atoms with Crippen LogP contribution in [0.1, 0.15) is 46.1 Å². The molecule has 0 aliphatic rings. The summed E-state index contributed by atoms with van der Waals surface area (Å²) in [5.41, 5.74) is 5.82. The van der Waals surface area contributed by atoms with Gasteiger partial charge in [0.15, 0.2) is 0 Å². The predicted octanol–water partition coefficient (Wildman–Crippen LogP) is 2.98. The van der Waals surface area contributed by atoms with E-state index >= 15 is 0 Å². The highest BCUT2D eigenvalue weighted by atomic mass is 19.1. The van der Waals surface area contributed by atoms with Crippen LogP contribution in [0.5, 0.6) is 0 Å². The van der Waals surface area contributed by atoms with Gasteiger partial charge in [-0.2, -0.15) is 0 Å². The van der Waals surface area contributed by atoms with Crippen molar-refractivity contribution >= 4 is 5.91 Å². The van der Waals surface area contributed by atoms with Crippen LogP contribution < -0.4 is 11.1 Å². The van der Waals surface area contributed by atoms with E-state index in [1.165, 1.54) is 12.1 Å². The third-order valence-electron chi connectivity index (χ3n) is 4.52. The van der Waals surface area contributed by atoms with Gasteiger partial charge in [0.1, 0.15) is 5.82 Å². The second-order valence-corrected chi connectivity index (χ2v) is 6.27. The summed E-state index contributed by atoms with van der Waals surface area (Å²) in [7, 11) is 0. The largest absolute Gasteiger partial charge is 0.355 e. The molecule has 0 radical (unpaired) electrons. The lowest BCUT2D eigenvalue weighted by Crippen LogP contribution is -2.48. The van der Waals surface area contributed by atoms with Gasteiger partial charge >= 0.3 is 0 Å². The Morgan fingerprint density at radius 2 is 1.90 bits per heavy atom. The fourth-order valence-corrected chi connectivity index (χ4v) is 2.45. The first-order chi connectivity index (χ1) is 9.81. The van der Waals surface area contributed by atoms with E-state index in [2.05, 4.69) is 5.32 Å². The minimum absolute atomic E-state index is 0.0144. The minimum Gasteiger partial charge on any atom is -0.355 e. The van der Waals surface area contributed by atoms with Crippen molar-refractivity contribution in [1.82, 2.24) is 5.32 Å². The average molecular weight is 294 g/mol. The molecule has 3 nitrogen and oxygen atoms in total. The zero-order chi connectivity index (χ0) is 16.1. The van der Waals surface area contributed by atoms with Gasteiger partial charge in [-0.25, -0.2) is 4.39 Å². The molecule has 1 aromatic carbocycles. The maximum absolute atomic E-state index is 13.3. The second-order valence-electron chi connectivity index (χ2n) is 6.27. The van der Waals surface area contributed by atoms with Crippen molar-refractivity contribution in [3.05, 3.63) is 35.6 Å². The lowest BCUT2D eigenvalue weighted by atomic mass is 9.80. The molecule has 21 heavy (non-hydrogen) atoms. The van der Waals surface area contributed by atoms with E-state index in [4.69, 9.17) is 5.73 Å². The quantitative estimate of drug-likeness (QED) is 0.812. The standard InChI is InChI=1S/C17H27FN2O/c1-5-17(6-2,11-19)15(21)20-12-16(3,4)13-8-7-9-14(18)10-13/h7-10H,5-6,11-12,19H2,1-4H3,(H,20,21). The first-order valence-corrected chi connectivity index (χ1v) is 7.55. The molecule has 1 aromatic rings. The van der Waals surface area contributed by atoms with Crippen molar-refractivity contribution < 1.29 is 9.18 Å². The number of nitrogens with two attached hydrogens (primary N) is 1. The summed E-state index contributed by atoms with van der Waals surface area (Å²) in [6.45, 7) is 8.73. The van der Waals surface area contributed by atoms with Crippen molar-refractivity contribution in [2.24, 2.45) is 11.1 Å². The summed E-state index contributed by atoms with van der Waals surface area (Å²) in [5, 5.41) is 2.99. The predicted molar refractivity (Wildman–Crippen MR) is 84.5 cm³/mol. The molecule has 1 rings (SSSR count). The molecule has 0 atom stereocenters. The van der Waals surface area contributed by atoms with Crippen molar-refractivity contribution in [1.29, 1.82) is 0 Å². The number of halogens is 1. The van der Waals surface area contributed by atoms with Crippen LogP contribution in [0.25, 0.3) is 0 Å². The van der Waals surface area contributed by atoms with Gasteiger partial charge in [0, 0.05) is 18.5 Å². The van der Waals surface area contributed by atoms with Gasteiger partial charge < -0.3 is 11.1 Å². The Morgan fingerprint density at radius 3 is 2.38 bits per heavy atom. The van der Waals surface area contributed by atoms with Crippen LogP contribution in [0.15, 0.2) is 24.3 Å². The molecular weight excluding hydrogens is 267 g/mol. The van der Waals surface area contributed by atoms with Crippen LogP contribution in [0.2, 0.25) is 0 Å². The van der Waals surface area contributed by atoms with E-state index in [-0.39, 0.29) is 17.1 Å². The topological polar surface area (TPSA) is 55.1 Å². The lowest BCUT2D eigenvalue weighted by Gasteiger charge is -2.32. The van der Waals surface area contributed by atoms with Crippen molar-refractivity contribution in [2.45, 2.75) is 46.0 Å². The SMILES string of the molecule is CCC(CC)(CN)C(=O)NCC(C)(C)c1cccc(F)c1. The fourth-order valence-electron chi connectivity index (χ4n) is 2.45. The number of hydrogen-bond donors (Lipinski definition) is 2. The van der Waals surface area contributed by atoms with Gasteiger partial charge in [0.05, 0.1) is 5.41 Å². The summed E-state index contributed by atoms with van der Waals surface area (Å²) >= 11 is 0. The first kappa shape index (κ1) is 17.6. The lowest BCUT2D eigenvalue weighted by molar-refractivity contribution is -0.131. The molecule has 0 bridgehead atoms. The first-order valence-electron chi connectivity index (χ1n) is 7.55. The van der Waals surface area contributed by atoms with Crippen molar-refractivity contribution in [2.75, 3.05) is 13.1 Å². The highest BCUT2D eigenvalue weighted by Crippen LogP contribution is 2.27. The molecule has 4 heteroatoms. The molecule has 0 aliphatic carbocycles. The van der Waals surface area contributed by atoms with Gasteiger partial charge in [-0.1, -0.05) is 39.8 Å². The molecule has 0 unspecified atom stereocenters. The molecule has 0 aliphatic heterocycles. The molecule has 3 N–H and O–H groups in total. The Bertz CT molecular complexity index is 473. The highest BCUT2D eigenvalue weighted by Gasteiger charge is 2.34. The number of nitrogens with one attached hydrogen (secondary N) is 1. The van der Waals surface area contributed by atoms with E-state index in [1.54, 1.807) is 6.07 Å². The number of rotatable bonds is 7. The smallest absolute Gasteiger partial charge is 0.227 e. The van der Waals surface area contributed by atoms with Gasteiger partial charge in [-0.05, 0) is 30.5 Å². The minimum atomic E-state index is -0.502. The summed E-state index contributed by atoms with van der Waals surface area (Å²) in [5.74, 6) is -0.273. The van der Waals surface area contributed by atoms with E-state index in [9.17, 15) is 9.18 Å². The van der Waals surface area contributed by atoms with Gasteiger partial charge in [-0.3, -0.25) is 4.79 Å². The zero-order valence-corrected chi connectivity index (χ0v) is 13.5. The molecule has 0 aromatic heterocycles. The number of carbonyl (C=O) groups excluding carboxylic acids is 1. The summed E-state index contributed by atoms with van der Waals surface area (Å²) < 4.78 is 13.3. The normalized spacial score (nSPS) is 12.3. The van der Waals surface area contributed by atoms with Crippen LogP contribution in [0.4, 0.5) is 4.39 Å². The Labute approximate surface area is 127 Å². The molecule has 0 spiro atoms. The summed E-state index contributed by atoms with van der Waals surface area (Å²) in [6.07, 6.45) is 1.43. The van der Waals surface area contributed by atoms with E-state index in [0.717, 1.165) is 5.56 Å². The Morgan fingerprint density at radius 1 is 1.29 bits per heavy atom. The number of benzene rings is 1. The molecule has 0 fully saturated rings. The van der Waals surface area contributed by atoms with Crippen LogP contribution in [0.3, 0.4) is 0 Å². The Hall–Kier alpha value is -1.42. The number of amides is 1. The molecule has 0 heterocycles. The molecule has 0 saturated heterocycles. The molecule has 0 saturated carbocycles. The van der Waals surface area contributed by atoms with Gasteiger partial charge in [0.2, 0.25) is 5.91 Å². The van der Waals surface area contributed by atoms with E-state index in [1.807, 2.05) is 33.8 Å². The maximum Gasteiger partial charge on any atom is 0.227 e. The number of hydrogen-bond acceptors (Lipinski definition) is 2. The van der Waals surface area contributed by atoms with Gasteiger partial charge in [0.25, 0.3) is 0 Å². The maximum atomic E-state index is 13.3.